The molecule has 100 valence electrons. The van der Waals surface area contributed by atoms with Crippen LogP contribution in [0.2, 0.25) is 0 Å². The summed E-state index contributed by atoms with van der Waals surface area (Å²) in [5, 5.41) is 5.31. The summed E-state index contributed by atoms with van der Waals surface area (Å²) in [7, 11) is 0. The number of nitrogens with one attached hydrogen (secondary N) is 2. The van der Waals surface area contributed by atoms with Gasteiger partial charge in [0.15, 0.2) is 0 Å². The summed E-state index contributed by atoms with van der Waals surface area (Å²) in [6, 6.07) is 0.938. The largest absolute Gasteiger partial charge is 0.472 e. The van der Waals surface area contributed by atoms with E-state index in [0.29, 0.717) is 18.7 Å². The number of nitrogens with two attached hydrogens (primary N) is 1. The minimum absolute atomic E-state index is 0.214. The quantitative estimate of drug-likeness (QED) is 0.670. The van der Waals surface area contributed by atoms with Gasteiger partial charge in [0.25, 0.3) is 5.91 Å². The molecule has 0 spiro atoms. The highest BCUT2D eigenvalue weighted by Crippen LogP contribution is 2.00. The Hall–Kier alpha value is -1.82. The van der Waals surface area contributed by atoms with Gasteiger partial charge in [-0.05, 0) is 25.5 Å². The highest BCUT2D eigenvalue weighted by Gasteiger charge is 2.17. The van der Waals surface area contributed by atoms with Gasteiger partial charge in [0.05, 0.1) is 11.8 Å². The molecule has 0 aromatic carbocycles. The Morgan fingerprint density at radius 1 is 1.44 bits per heavy atom. The molecule has 1 aromatic heterocycles. The number of carbonyl (C=O) groups excluding carboxylic acids is 2. The van der Waals surface area contributed by atoms with Gasteiger partial charge in [0, 0.05) is 6.54 Å². The van der Waals surface area contributed by atoms with E-state index in [4.69, 9.17) is 10.2 Å². The van der Waals surface area contributed by atoms with Crippen LogP contribution in [0.5, 0.6) is 0 Å². The maximum Gasteiger partial charge on any atom is 0.255 e. The Balaban J connectivity index is 2.38. The predicted molar refractivity (Wildman–Crippen MR) is 66.9 cm³/mol. The standard InChI is InChI=1S/C12H19N3O3/c1-8(5-13)6-14-11(16)9(2)15-12(17)10-3-4-18-7-10/h3-4,7-9H,5-6,13H2,1-2H3,(H,14,16)(H,15,17). The molecule has 2 unspecified atom stereocenters. The Morgan fingerprint density at radius 3 is 2.72 bits per heavy atom. The van der Waals surface area contributed by atoms with Crippen molar-refractivity contribution in [2.45, 2.75) is 19.9 Å². The van der Waals surface area contributed by atoms with E-state index >= 15 is 0 Å². The van der Waals surface area contributed by atoms with E-state index in [1.807, 2.05) is 6.92 Å². The van der Waals surface area contributed by atoms with Crippen LogP contribution in [0.25, 0.3) is 0 Å². The van der Waals surface area contributed by atoms with E-state index in [2.05, 4.69) is 10.6 Å². The van der Waals surface area contributed by atoms with Gasteiger partial charge < -0.3 is 20.8 Å². The van der Waals surface area contributed by atoms with Crippen LogP contribution in [-0.4, -0.2) is 30.9 Å². The van der Waals surface area contributed by atoms with Crippen molar-refractivity contribution < 1.29 is 14.0 Å². The van der Waals surface area contributed by atoms with E-state index in [0.717, 1.165) is 0 Å². The lowest BCUT2D eigenvalue weighted by Crippen LogP contribution is -2.46. The number of rotatable bonds is 6. The molecule has 0 aliphatic rings. The maximum absolute atomic E-state index is 11.7. The monoisotopic (exact) mass is 253 g/mol. The molecule has 0 bridgehead atoms. The third kappa shape index (κ3) is 4.21. The lowest BCUT2D eigenvalue weighted by Gasteiger charge is -2.15. The van der Waals surface area contributed by atoms with Crippen LogP contribution in [0.3, 0.4) is 0 Å². The van der Waals surface area contributed by atoms with Gasteiger partial charge in [-0.2, -0.15) is 0 Å². The Bertz CT molecular complexity index is 389. The van der Waals surface area contributed by atoms with E-state index in [-0.39, 0.29) is 17.7 Å². The van der Waals surface area contributed by atoms with Crippen molar-refractivity contribution in [3.63, 3.8) is 0 Å². The highest BCUT2D eigenvalue weighted by molar-refractivity contribution is 5.97. The van der Waals surface area contributed by atoms with Crippen molar-refractivity contribution in [1.29, 1.82) is 0 Å². The summed E-state index contributed by atoms with van der Waals surface area (Å²) < 4.78 is 4.80. The fourth-order valence-corrected chi connectivity index (χ4v) is 1.25. The van der Waals surface area contributed by atoms with Crippen molar-refractivity contribution in [3.05, 3.63) is 24.2 Å². The molecule has 0 aliphatic heterocycles. The van der Waals surface area contributed by atoms with Crippen LogP contribution in [0, 0.1) is 5.92 Å². The van der Waals surface area contributed by atoms with Crippen LogP contribution in [0.15, 0.2) is 23.0 Å². The molecule has 2 atom stereocenters. The van der Waals surface area contributed by atoms with Crippen molar-refractivity contribution in [2.75, 3.05) is 13.1 Å². The molecule has 1 rings (SSSR count). The van der Waals surface area contributed by atoms with E-state index in [1.165, 1.54) is 18.6 Å². The average molecular weight is 253 g/mol. The molecule has 6 nitrogen and oxygen atoms in total. The number of carbonyl (C=O) groups is 2. The molecule has 0 radical (unpaired) electrons. The molecule has 6 heteroatoms. The summed E-state index contributed by atoms with van der Waals surface area (Å²) in [5.41, 5.74) is 5.84. The minimum atomic E-state index is -0.600. The van der Waals surface area contributed by atoms with Crippen molar-refractivity contribution in [1.82, 2.24) is 10.6 Å². The molecule has 1 heterocycles. The molecule has 0 aliphatic carbocycles. The fraction of sp³-hybridized carbons (Fsp3) is 0.500. The van der Waals surface area contributed by atoms with Crippen LogP contribution in [0.1, 0.15) is 24.2 Å². The van der Waals surface area contributed by atoms with Crippen molar-refractivity contribution >= 4 is 11.8 Å². The topological polar surface area (TPSA) is 97.4 Å². The van der Waals surface area contributed by atoms with Crippen molar-refractivity contribution in [3.8, 4) is 0 Å². The van der Waals surface area contributed by atoms with Gasteiger partial charge in [-0.15, -0.1) is 0 Å². The molecule has 0 saturated heterocycles. The third-order valence-corrected chi connectivity index (χ3v) is 2.55. The summed E-state index contributed by atoms with van der Waals surface area (Å²) in [6.45, 7) is 4.58. The normalized spacial score (nSPS) is 13.7. The van der Waals surface area contributed by atoms with E-state index in [1.54, 1.807) is 6.92 Å². The van der Waals surface area contributed by atoms with Gasteiger partial charge in [0.2, 0.25) is 5.91 Å². The maximum atomic E-state index is 11.7. The summed E-state index contributed by atoms with van der Waals surface area (Å²) in [6.07, 6.45) is 2.74. The lowest BCUT2D eigenvalue weighted by molar-refractivity contribution is -0.122. The zero-order chi connectivity index (χ0) is 13.5. The fourth-order valence-electron chi connectivity index (χ4n) is 1.25. The first kappa shape index (κ1) is 14.2. The van der Waals surface area contributed by atoms with E-state index in [9.17, 15) is 9.59 Å². The molecular formula is C12H19N3O3. The molecule has 18 heavy (non-hydrogen) atoms. The van der Waals surface area contributed by atoms with Gasteiger partial charge in [-0.25, -0.2) is 0 Å². The first-order valence-electron chi connectivity index (χ1n) is 5.85. The summed E-state index contributed by atoms with van der Waals surface area (Å²) >= 11 is 0. The number of hydrogen-bond acceptors (Lipinski definition) is 4. The molecule has 2 amide bonds. The average Bonchev–Trinajstić information content (AvgIpc) is 2.89. The number of amides is 2. The zero-order valence-electron chi connectivity index (χ0n) is 10.6. The minimum Gasteiger partial charge on any atom is -0.472 e. The lowest BCUT2D eigenvalue weighted by atomic mass is 10.2. The third-order valence-electron chi connectivity index (χ3n) is 2.55. The van der Waals surface area contributed by atoms with Crippen LogP contribution in [0.4, 0.5) is 0 Å². The second-order valence-electron chi connectivity index (χ2n) is 4.29. The smallest absolute Gasteiger partial charge is 0.255 e. The molecule has 1 aromatic rings. The van der Waals surface area contributed by atoms with Crippen molar-refractivity contribution in [2.24, 2.45) is 11.7 Å². The highest BCUT2D eigenvalue weighted by atomic mass is 16.3. The van der Waals surface area contributed by atoms with Crippen LogP contribution in [-0.2, 0) is 4.79 Å². The zero-order valence-corrected chi connectivity index (χ0v) is 10.6. The summed E-state index contributed by atoms with van der Waals surface area (Å²) in [4.78, 5) is 23.3. The molecule has 4 N–H and O–H groups in total. The first-order chi connectivity index (χ1) is 8.54. The van der Waals surface area contributed by atoms with Gasteiger partial charge in [-0.3, -0.25) is 9.59 Å². The summed E-state index contributed by atoms with van der Waals surface area (Å²) in [5.74, 6) is -0.351. The van der Waals surface area contributed by atoms with Gasteiger partial charge >= 0.3 is 0 Å². The number of hydrogen-bond donors (Lipinski definition) is 3. The molecule has 0 fully saturated rings. The second kappa shape index (κ2) is 6.80. The second-order valence-corrected chi connectivity index (χ2v) is 4.29. The Morgan fingerprint density at radius 2 is 2.17 bits per heavy atom. The van der Waals surface area contributed by atoms with Crippen LogP contribution >= 0.6 is 0 Å². The number of furan rings is 1. The van der Waals surface area contributed by atoms with Crippen LogP contribution < -0.4 is 16.4 Å². The molecule has 0 saturated carbocycles. The predicted octanol–water partition coefficient (Wildman–Crippen LogP) is 0.109. The Kier molecular flexibility index (Phi) is 5.38. The molecular weight excluding hydrogens is 234 g/mol. The Labute approximate surface area is 106 Å². The SMILES string of the molecule is CC(CN)CNC(=O)C(C)NC(=O)c1ccoc1. The first-order valence-corrected chi connectivity index (χ1v) is 5.85. The van der Waals surface area contributed by atoms with Gasteiger partial charge in [0.1, 0.15) is 12.3 Å². The van der Waals surface area contributed by atoms with E-state index < -0.39 is 6.04 Å². The van der Waals surface area contributed by atoms with Gasteiger partial charge in [-0.1, -0.05) is 6.92 Å².